The minimum Gasteiger partial charge on any atom is -0.456 e. The molecule has 0 aliphatic rings. The van der Waals surface area contributed by atoms with Gasteiger partial charge in [-0.25, -0.2) is 4.98 Å². The topological polar surface area (TPSA) is 55.1 Å². The summed E-state index contributed by atoms with van der Waals surface area (Å²) in [6.45, 7) is 4.18. The summed E-state index contributed by atoms with van der Waals surface area (Å²) in [6.07, 6.45) is 1.79. The Morgan fingerprint density at radius 3 is 2.89 bits per heavy atom. The predicted molar refractivity (Wildman–Crippen MR) is 71.0 cm³/mol. The predicted octanol–water partition coefficient (Wildman–Crippen LogP) is 3.02. The zero-order chi connectivity index (χ0) is 13.1. The van der Waals surface area contributed by atoms with Crippen LogP contribution in [0.15, 0.2) is 16.7 Å². The summed E-state index contributed by atoms with van der Waals surface area (Å²) in [7, 11) is 0. The van der Waals surface area contributed by atoms with Crippen molar-refractivity contribution in [3.05, 3.63) is 39.2 Å². The molecule has 0 spiro atoms. The number of rotatable bonds is 4. The average molecular weight is 285 g/mol. The third-order valence-corrected chi connectivity index (χ3v) is 3.66. The van der Waals surface area contributed by atoms with E-state index < -0.39 is 0 Å². The van der Waals surface area contributed by atoms with E-state index in [-0.39, 0.29) is 11.7 Å². The van der Waals surface area contributed by atoms with Crippen LogP contribution in [-0.2, 0) is 12.4 Å². The fraction of sp³-hybridized carbons (Fsp3) is 0.333. The van der Waals surface area contributed by atoms with E-state index in [4.69, 9.17) is 16.0 Å². The van der Waals surface area contributed by atoms with Crippen molar-refractivity contribution in [2.24, 2.45) is 0 Å². The van der Waals surface area contributed by atoms with Crippen molar-refractivity contribution in [1.29, 1.82) is 0 Å². The highest BCUT2D eigenvalue weighted by atomic mass is 35.5. The van der Waals surface area contributed by atoms with Gasteiger partial charge in [0.25, 0.3) is 5.91 Å². The van der Waals surface area contributed by atoms with Crippen LogP contribution in [-0.4, -0.2) is 10.9 Å². The Morgan fingerprint density at radius 1 is 1.56 bits per heavy atom. The van der Waals surface area contributed by atoms with E-state index in [1.54, 1.807) is 30.5 Å². The summed E-state index contributed by atoms with van der Waals surface area (Å²) in [5, 5.41) is 3.64. The maximum absolute atomic E-state index is 11.8. The molecule has 0 bridgehead atoms. The largest absolute Gasteiger partial charge is 0.456 e. The molecular weight excluding hydrogens is 272 g/mol. The Morgan fingerprint density at radius 2 is 2.33 bits per heavy atom. The van der Waals surface area contributed by atoms with Crippen molar-refractivity contribution in [3.63, 3.8) is 0 Å². The number of halogens is 1. The number of aromatic nitrogens is 1. The standard InChI is InChI=1S/C12H13ClN2O2S/c1-7-5-14-11(18-7)6-15-12(16)10-3-9(4-13)8(2)17-10/h3,5H,4,6H2,1-2H3,(H,15,16). The first-order valence-electron chi connectivity index (χ1n) is 5.45. The Hall–Kier alpha value is -1.33. The van der Waals surface area contributed by atoms with Crippen LogP contribution in [0.2, 0.25) is 0 Å². The molecular formula is C12H13ClN2O2S. The second kappa shape index (κ2) is 5.54. The molecule has 2 heterocycles. The summed E-state index contributed by atoms with van der Waals surface area (Å²) in [5.74, 6) is 1.06. The van der Waals surface area contributed by atoms with E-state index in [2.05, 4.69) is 10.3 Å². The Labute approximate surface area is 114 Å². The van der Waals surface area contributed by atoms with Gasteiger partial charge in [-0.3, -0.25) is 4.79 Å². The number of hydrogen-bond acceptors (Lipinski definition) is 4. The zero-order valence-corrected chi connectivity index (χ0v) is 11.7. The van der Waals surface area contributed by atoms with Gasteiger partial charge in [-0.2, -0.15) is 0 Å². The van der Waals surface area contributed by atoms with Gasteiger partial charge in [-0.1, -0.05) is 0 Å². The van der Waals surface area contributed by atoms with E-state index in [1.807, 2.05) is 6.92 Å². The van der Waals surface area contributed by atoms with Gasteiger partial charge < -0.3 is 9.73 Å². The van der Waals surface area contributed by atoms with Crippen LogP contribution in [0.1, 0.15) is 31.8 Å². The molecule has 18 heavy (non-hydrogen) atoms. The van der Waals surface area contributed by atoms with Crippen molar-refractivity contribution in [2.75, 3.05) is 0 Å². The summed E-state index contributed by atoms with van der Waals surface area (Å²) in [6, 6.07) is 1.67. The number of thiazole rings is 1. The van der Waals surface area contributed by atoms with E-state index in [1.165, 1.54) is 0 Å². The molecule has 0 unspecified atom stereocenters. The van der Waals surface area contributed by atoms with Gasteiger partial charge in [-0.15, -0.1) is 22.9 Å². The first-order chi connectivity index (χ1) is 8.60. The van der Waals surface area contributed by atoms with Crippen molar-refractivity contribution in [3.8, 4) is 0 Å². The van der Waals surface area contributed by atoms with Crippen LogP contribution in [0, 0.1) is 13.8 Å². The monoisotopic (exact) mass is 284 g/mol. The van der Waals surface area contributed by atoms with Crippen molar-refractivity contribution in [1.82, 2.24) is 10.3 Å². The van der Waals surface area contributed by atoms with Gasteiger partial charge in [0.15, 0.2) is 5.76 Å². The summed E-state index contributed by atoms with van der Waals surface area (Å²) in [4.78, 5) is 17.1. The summed E-state index contributed by atoms with van der Waals surface area (Å²) < 4.78 is 5.35. The minimum atomic E-state index is -0.248. The molecule has 0 atom stereocenters. The maximum Gasteiger partial charge on any atom is 0.287 e. The van der Waals surface area contributed by atoms with Crippen LogP contribution < -0.4 is 5.32 Å². The molecule has 2 aromatic heterocycles. The van der Waals surface area contributed by atoms with Crippen LogP contribution in [0.4, 0.5) is 0 Å². The first-order valence-corrected chi connectivity index (χ1v) is 6.80. The molecule has 0 aromatic carbocycles. The number of aryl methyl sites for hydroxylation is 2. The third-order valence-electron chi connectivity index (χ3n) is 2.46. The van der Waals surface area contributed by atoms with Crippen LogP contribution >= 0.6 is 22.9 Å². The van der Waals surface area contributed by atoms with Crippen molar-refractivity contribution in [2.45, 2.75) is 26.3 Å². The lowest BCUT2D eigenvalue weighted by atomic mass is 10.3. The van der Waals surface area contributed by atoms with E-state index in [0.717, 1.165) is 15.4 Å². The fourth-order valence-electron chi connectivity index (χ4n) is 1.49. The lowest BCUT2D eigenvalue weighted by Gasteiger charge is -1.99. The molecule has 0 aliphatic heterocycles. The zero-order valence-electron chi connectivity index (χ0n) is 10.1. The number of carbonyl (C=O) groups is 1. The molecule has 0 saturated heterocycles. The van der Waals surface area contributed by atoms with Gasteiger partial charge in [0, 0.05) is 16.6 Å². The highest BCUT2D eigenvalue weighted by Crippen LogP contribution is 2.17. The maximum atomic E-state index is 11.8. The summed E-state index contributed by atoms with van der Waals surface area (Å²) in [5.41, 5.74) is 0.840. The molecule has 2 aromatic rings. The molecule has 0 radical (unpaired) electrons. The SMILES string of the molecule is Cc1cnc(CNC(=O)c2cc(CCl)c(C)o2)s1. The minimum absolute atomic E-state index is 0.248. The van der Waals surface area contributed by atoms with Crippen LogP contribution in [0.25, 0.3) is 0 Å². The summed E-state index contributed by atoms with van der Waals surface area (Å²) >= 11 is 7.29. The Bertz CT molecular complexity index is 562. The molecule has 4 nitrogen and oxygen atoms in total. The van der Waals surface area contributed by atoms with E-state index in [9.17, 15) is 4.79 Å². The highest BCUT2D eigenvalue weighted by molar-refractivity contribution is 7.11. The van der Waals surface area contributed by atoms with Crippen molar-refractivity contribution >= 4 is 28.8 Å². The molecule has 0 aliphatic carbocycles. The molecule has 1 N–H and O–H groups in total. The molecule has 96 valence electrons. The third kappa shape index (κ3) is 2.91. The number of furan rings is 1. The van der Waals surface area contributed by atoms with Gasteiger partial charge in [0.2, 0.25) is 0 Å². The molecule has 0 fully saturated rings. The second-order valence-electron chi connectivity index (χ2n) is 3.87. The number of nitrogens with zero attached hydrogens (tertiary/aromatic N) is 1. The van der Waals surface area contributed by atoms with E-state index in [0.29, 0.717) is 18.2 Å². The first kappa shape index (κ1) is 13.1. The number of nitrogens with one attached hydrogen (secondary N) is 1. The second-order valence-corrected chi connectivity index (χ2v) is 5.46. The molecule has 2 rings (SSSR count). The molecule has 1 amide bonds. The van der Waals surface area contributed by atoms with Gasteiger partial charge >= 0.3 is 0 Å². The highest BCUT2D eigenvalue weighted by Gasteiger charge is 2.14. The number of amides is 1. The average Bonchev–Trinajstić information content (AvgIpc) is 2.92. The van der Waals surface area contributed by atoms with Crippen LogP contribution in [0.5, 0.6) is 0 Å². The smallest absolute Gasteiger partial charge is 0.287 e. The van der Waals surface area contributed by atoms with Gasteiger partial charge in [-0.05, 0) is 19.9 Å². The van der Waals surface area contributed by atoms with Crippen LogP contribution in [0.3, 0.4) is 0 Å². The Kier molecular flexibility index (Phi) is 4.04. The number of hydrogen-bond donors (Lipinski definition) is 1. The molecule has 6 heteroatoms. The van der Waals surface area contributed by atoms with Crippen molar-refractivity contribution < 1.29 is 9.21 Å². The van der Waals surface area contributed by atoms with Gasteiger partial charge in [0.05, 0.1) is 12.4 Å². The number of carbonyl (C=O) groups excluding carboxylic acids is 1. The van der Waals surface area contributed by atoms with Gasteiger partial charge in [0.1, 0.15) is 10.8 Å². The number of alkyl halides is 1. The Balaban J connectivity index is 1.99. The lowest BCUT2D eigenvalue weighted by molar-refractivity contribution is 0.0922. The normalized spacial score (nSPS) is 10.6. The fourth-order valence-corrected chi connectivity index (χ4v) is 2.48. The lowest BCUT2D eigenvalue weighted by Crippen LogP contribution is -2.22. The van der Waals surface area contributed by atoms with E-state index >= 15 is 0 Å². The molecule has 0 saturated carbocycles. The quantitative estimate of drug-likeness (QED) is 0.878.